The van der Waals surface area contributed by atoms with Crippen LogP contribution in [0.25, 0.3) is 11.4 Å². The van der Waals surface area contributed by atoms with Crippen LogP contribution in [-0.2, 0) is 4.79 Å². The Labute approximate surface area is 185 Å². The van der Waals surface area contributed by atoms with Crippen LogP contribution in [0, 0.1) is 10.1 Å². The number of nitro groups is 1. The Hall–Kier alpha value is -2.82. The van der Waals surface area contributed by atoms with Gasteiger partial charge in [0.05, 0.1) is 33.6 Å². The first-order valence-electron chi connectivity index (χ1n) is 8.46. The Kier molecular flexibility index (Phi) is 6.80. The summed E-state index contributed by atoms with van der Waals surface area (Å²) in [6.07, 6.45) is 0. The Balaban J connectivity index is 1.72. The third kappa shape index (κ3) is 5.02. The maximum atomic E-state index is 12.5. The maximum Gasteiger partial charge on any atom is 0.271 e. The molecule has 30 heavy (non-hydrogen) atoms. The van der Waals surface area contributed by atoms with E-state index in [9.17, 15) is 14.9 Å². The molecule has 1 heterocycles. The molecule has 0 aliphatic heterocycles. The van der Waals surface area contributed by atoms with E-state index in [1.807, 2.05) is 0 Å². The maximum absolute atomic E-state index is 12.5. The molecule has 1 unspecified atom stereocenters. The number of benzene rings is 2. The van der Waals surface area contributed by atoms with Crippen LogP contribution in [0.1, 0.15) is 6.92 Å². The van der Waals surface area contributed by atoms with Crippen LogP contribution in [-0.4, -0.2) is 38.4 Å². The molecule has 2 aromatic carbocycles. The summed E-state index contributed by atoms with van der Waals surface area (Å²) in [5.74, 6) is 0.596. The zero-order valence-electron chi connectivity index (χ0n) is 15.7. The number of hydrogen-bond acceptors (Lipinski definition) is 7. The summed E-state index contributed by atoms with van der Waals surface area (Å²) in [6, 6.07) is 8.92. The van der Waals surface area contributed by atoms with Crippen molar-refractivity contribution in [3.63, 3.8) is 0 Å². The number of carbonyl (C=O) groups is 1. The predicted octanol–water partition coefficient (Wildman–Crippen LogP) is 4.81. The number of aromatic amines is 1. The summed E-state index contributed by atoms with van der Waals surface area (Å²) in [4.78, 5) is 27.2. The van der Waals surface area contributed by atoms with Crippen molar-refractivity contribution in [2.75, 3.05) is 12.4 Å². The highest BCUT2D eigenvalue weighted by Crippen LogP contribution is 2.32. The minimum Gasteiger partial charge on any atom is -0.496 e. The van der Waals surface area contributed by atoms with Gasteiger partial charge in [-0.3, -0.25) is 20.0 Å². The van der Waals surface area contributed by atoms with E-state index in [0.29, 0.717) is 27.3 Å². The number of aromatic nitrogens is 3. The third-order valence-corrected chi connectivity index (χ3v) is 5.48. The molecule has 0 bridgehead atoms. The highest BCUT2D eigenvalue weighted by atomic mass is 35.5. The van der Waals surface area contributed by atoms with Gasteiger partial charge in [-0.25, -0.2) is 4.98 Å². The molecule has 2 N–H and O–H groups in total. The molecule has 156 valence electrons. The molecule has 0 aliphatic carbocycles. The van der Waals surface area contributed by atoms with Crippen LogP contribution >= 0.6 is 35.0 Å². The van der Waals surface area contributed by atoms with E-state index >= 15 is 0 Å². The number of nitrogens with zero attached hydrogens (tertiary/aromatic N) is 3. The number of thioether (sulfide) groups is 1. The second-order valence-electron chi connectivity index (χ2n) is 5.98. The standard InChI is InChI=1S/C18H15Cl2N5O4S/c1-9(17(26)21-14-8-11(25(27)28)4-5-13(14)20)30-18-22-16(23-24-18)12-7-10(19)3-6-15(12)29-2/h3-9H,1-2H3,(H,21,26)(H,22,23,24). The highest BCUT2D eigenvalue weighted by Gasteiger charge is 2.20. The zero-order chi connectivity index (χ0) is 21.8. The summed E-state index contributed by atoms with van der Waals surface area (Å²) in [6.45, 7) is 1.65. The second kappa shape index (κ2) is 9.33. The van der Waals surface area contributed by atoms with Crippen molar-refractivity contribution in [3.05, 3.63) is 56.6 Å². The SMILES string of the molecule is COc1ccc(Cl)cc1-c1nc(SC(C)C(=O)Nc2cc([N+](=O)[O-])ccc2Cl)n[nH]1. The monoisotopic (exact) mass is 467 g/mol. The third-order valence-electron chi connectivity index (χ3n) is 3.95. The van der Waals surface area contributed by atoms with E-state index in [-0.39, 0.29) is 16.4 Å². The number of ether oxygens (including phenoxy) is 1. The number of carbonyl (C=O) groups excluding carboxylic acids is 1. The Morgan fingerprint density at radius 3 is 2.77 bits per heavy atom. The molecular formula is C18H15Cl2N5O4S. The van der Waals surface area contributed by atoms with Crippen LogP contribution in [0.3, 0.4) is 0 Å². The molecule has 0 fully saturated rings. The topological polar surface area (TPSA) is 123 Å². The molecular weight excluding hydrogens is 453 g/mol. The number of amides is 1. The Morgan fingerprint density at radius 2 is 2.07 bits per heavy atom. The van der Waals surface area contributed by atoms with Crippen molar-refractivity contribution >= 4 is 52.2 Å². The second-order valence-corrected chi connectivity index (χ2v) is 8.13. The smallest absolute Gasteiger partial charge is 0.271 e. The number of rotatable bonds is 7. The van der Waals surface area contributed by atoms with E-state index in [1.165, 1.54) is 25.3 Å². The van der Waals surface area contributed by atoms with Crippen molar-refractivity contribution in [3.8, 4) is 17.1 Å². The van der Waals surface area contributed by atoms with Crippen molar-refractivity contribution < 1.29 is 14.5 Å². The fraction of sp³-hybridized carbons (Fsp3) is 0.167. The molecule has 0 saturated carbocycles. The van der Waals surface area contributed by atoms with E-state index in [0.717, 1.165) is 11.8 Å². The molecule has 1 aromatic heterocycles. The van der Waals surface area contributed by atoms with Gasteiger partial charge in [-0.1, -0.05) is 35.0 Å². The number of non-ortho nitro benzene ring substituents is 1. The molecule has 3 aromatic rings. The van der Waals surface area contributed by atoms with Crippen molar-refractivity contribution in [1.29, 1.82) is 0 Å². The summed E-state index contributed by atoms with van der Waals surface area (Å²) in [5, 5.41) is 20.9. The highest BCUT2D eigenvalue weighted by molar-refractivity contribution is 8.00. The van der Waals surface area contributed by atoms with Gasteiger partial charge < -0.3 is 10.1 Å². The molecule has 0 radical (unpaired) electrons. The van der Waals surface area contributed by atoms with Gasteiger partial charge in [0.15, 0.2) is 5.82 Å². The van der Waals surface area contributed by atoms with Gasteiger partial charge in [0.2, 0.25) is 11.1 Å². The lowest BCUT2D eigenvalue weighted by molar-refractivity contribution is -0.384. The van der Waals surface area contributed by atoms with E-state index < -0.39 is 16.1 Å². The molecule has 1 atom stereocenters. The summed E-state index contributed by atoms with van der Waals surface area (Å²) in [5.41, 5.74) is 0.608. The molecule has 0 aliphatic rings. The lowest BCUT2D eigenvalue weighted by atomic mass is 10.2. The number of methoxy groups -OCH3 is 1. The molecule has 0 spiro atoms. The van der Waals surface area contributed by atoms with E-state index in [4.69, 9.17) is 27.9 Å². The molecule has 12 heteroatoms. The predicted molar refractivity (Wildman–Crippen MR) is 115 cm³/mol. The van der Waals surface area contributed by atoms with Gasteiger partial charge in [-0.2, -0.15) is 0 Å². The Morgan fingerprint density at radius 1 is 1.30 bits per heavy atom. The van der Waals surface area contributed by atoms with E-state index in [1.54, 1.807) is 25.1 Å². The normalized spacial score (nSPS) is 11.7. The number of H-pyrrole nitrogens is 1. The van der Waals surface area contributed by atoms with Gasteiger partial charge >= 0.3 is 0 Å². The molecule has 3 rings (SSSR count). The molecule has 0 saturated heterocycles. The van der Waals surface area contributed by atoms with Crippen molar-refractivity contribution in [2.45, 2.75) is 17.3 Å². The van der Waals surface area contributed by atoms with Crippen LogP contribution in [0.4, 0.5) is 11.4 Å². The largest absolute Gasteiger partial charge is 0.496 e. The minimum absolute atomic E-state index is 0.155. The average molecular weight is 468 g/mol. The first-order valence-corrected chi connectivity index (χ1v) is 10.1. The number of hydrogen-bond donors (Lipinski definition) is 2. The van der Waals surface area contributed by atoms with Crippen LogP contribution < -0.4 is 10.1 Å². The number of nitrogens with one attached hydrogen (secondary N) is 2. The van der Waals surface area contributed by atoms with Gasteiger partial charge in [0.1, 0.15) is 5.75 Å². The van der Waals surface area contributed by atoms with Gasteiger partial charge in [0.25, 0.3) is 5.69 Å². The number of halogens is 2. The summed E-state index contributed by atoms with van der Waals surface area (Å²) < 4.78 is 5.31. The fourth-order valence-electron chi connectivity index (χ4n) is 2.45. The Bertz CT molecular complexity index is 1110. The van der Waals surface area contributed by atoms with Crippen molar-refractivity contribution in [1.82, 2.24) is 15.2 Å². The van der Waals surface area contributed by atoms with Crippen molar-refractivity contribution in [2.24, 2.45) is 0 Å². The fourth-order valence-corrected chi connectivity index (χ4v) is 3.51. The zero-order valence-corrected chi connectivity index (χ0v) is 18.0. The first kappa shape index (κ1) is 21.9. The van der Waals surface area contributed by atoms with Crippen LogP contribution in [0.2, 0.25) is 10.0 Å². The lowest BCUT2D eigenvalue weighted by Crippen LogP contribution is -2.22. The molecule has 9 nitrogen and oxygen atoms in total. The lowest BCUT2D eigenvalue weighted by Gasteiger charge is -2.11. The summed E-state index contributed by atoms with van der Waals surface area (Å²) >= 11 is 13.2. The number of nitro benzene ring substituents is 1. The minimum atomic E-state index is -0.606. The van der Waals surface area contributed by atoms with Gasteiger partial charge in [-0.05, 0) is 31.2 Å². The summed E-state index contributed by atoms with van der Waals surface area (Å²) in [7, 11) is 1.53. The number of anilines is 1. The van der Waals surface area contributed by atoms with E-state index in [2.05, 4.69) is 20.5 Å². The van der Waals surface area contributed by atoms with Crippen LogP contribution in [0.15, 0.2) is 41.6 Å². The molecule has 1 amide bonds. The van der Waals surface area contributed by atoms with Crippen LogP contribution in [0.5, 0.6) is 5.75 Å². The quantitative estimate of drug-likeness (QED) is 0.290. The van der Waals surface area contributed by atoms with Gasteiger partial charge in [-0.15, -0.1) is 5.10 Å². The first-order chi connectivity index (χ1) is 14.3. The van der Waals surface area contributed by atoms with Gasteiger partial charge in [0, 0.05) is 17.2 Å². The average Bonchev–Trinajstić information content (AvgIpc) is 3.17.